The zero-order valence-electron chi connectivity index (χ0n) is 7.55. The topological polar surface area (TPSA) is 20.2 Å². The van der Waals surface area contributed by atoms with E-state index in [1.807, 2.05) is 0 Å². The SMILES string of the molecule is C1=CCCCCCC1.CCO. The first kappa shape index (κ1) is 10.7. The van der Waals surface area contributed by atoms with Crippen molar-refractivity contribution in [3.05, 3.63) is 12.2 Å². The van der Waals surface area contributed by atoms with Gasteiger partial charge in [-0.05, 0) is 32.6 Å². The molecule has 0 atom stereocenters. The van der Waals surface area contributed by atoms with Gasteiger partial charge in [0.1, 0.15) is 0 Å². The van der Waals surface area contributed by atoms with Gasteiger partial charge in [0.2, 0.25) is 0 Å². The van der Waals surface area contributed by atoms with Crippen LogP contribution in [-0.2, 0) is 0 Å². The highest BCUT2D eigenvalue weighted by Crippen LogP contribution is 2.09. The zero-order chi connectivity index (χ0) is 8.36. The number of aliphatic hydroxyl groups excluding tert-OH is 1. The first-order valence-electron chi connectivity index (χ1n) is 4.67. The molecular formula is C10H20O. The highest BCUT2D eigenvalue weighted by Gasteiger charge is 1.89. The van der Waals surface area contributed by atoms with Crippen LogP contribution >= 0.6 is 0 Å². The molecule has 0 aromatic rings. The molecule has 0 aliphatic heterocycles. The van der Waals surface area contributed by atoms with E-state index in [9.17, 15) is 0 Å². The van der Waals surface area contributed by atoms with Crippen LogP contribution in [0.15, 0.2) is 12.2 Å². The van der Waals surface area contributed by atoms with Crippen molar-refractivity contribution in [2.24, 2.45) is 0 Å². The Kier molecular flexibility index (Phi) is 9.44. The number of aliphatic hydroxyl groups is 1. The molecule has 11 heavy (non-hydrogen) atoms. The van der Waals surface area contributed by atoms with E-state index in [1.54, 1.807) is 6.92 Å². The molecule has 1 nitrogen and oxygen atoms in total. The van der Waals surface area contributed by atoms with Gasteiger partial charge in [0.15, 0.2) is 0 Å². The molecule has 0 amide bonds. The Morgan fingerprint density at radius 3 is 1.73 bits per heavy atom. The maximum atomic E-state index is 7.57. The molecule has 0 saturated carbocycles. The molecule has 0 saturated heterocycles. The average molecular weight is 156 g/mol. The number of hydrogen-bond donors (Lipinski definition) is 1. The Morgan fingerprint density at radius 2 is 1.36 bits per heavy atom. The van der Waals surface area contributed by atoms with Gasteiger partial charge in [-0.2, -0.15) is 0 Å². The van der Waals surface area contributed by atoms with Gasteiger partial charge in [-0.3, -0.25) is 0 Å². The molecule has 0 aromatic heterocycles. The lowest BCUT2D eigenvalue weighted by molar-refractivity contribution is 0.318. The highest BCUT2D eigenvalue weighted by atomic mass is 16.2. The van der Waals surface area contributed by atoms with E-state index in [4.69, 9.17) is 5.11 Å². The lowest BCUT2D eigenvalue weighted by Crippen LogP contribution is -1.80. The molecule has 1 N–H and O–H groups in total. The van der Waals surface area contributed by atoms with Crippen LogP contribution in [-0.4, -0.2) is 11.7 Å². The second-order valence-corrected chi connectivity index (χ2v) is 2.78. The summed E-state index contributed by atoms with van der Waals surface area (Å²) in [5, 5.41) is 7.57. The number of allylic oxidation sites excluding steroid dienone is 2. The van der Waals surface area contributed by atoms with Crippen molar-refractivity contribution in [1.29, 1.82) is 0 Å². The minimum atomic E-state index is 0.250. The van der Waals surface area contributed by atoms with Crippen LogP contribution in [0.4, 0.5) is 0 Å². The molecule has 0 aromatic carbocycles. The van der Waals surface area contributed by atoms with E-state index in [1.165, 1.54) is 38.5 Å². The predicted octanol–water partition coefficient (Wildman–Crippen LogP) is 2.90. The maximum absolute atomic E-state index is 7.57. The standard InChI is InChI=1S/C8H14.C2H6O/c1-2-4-6-8-7-5-3-1;1-2-3/h1-2H,3-8H2;3H,2H2,1H3. The molecule has 1 rings (SSSR count). The molecule has 0 unspecified atom stereocenters. The van der Waals surface area contributed by atoms with Crippen molar-refractivity contribution in [2.75, 3.05) is 6.61 Å². The molecule has 0 spiro atoms. The summed E-state index contributed by atoms with van der Waals surface area (Å²) in [6.07, 6.45) is 13.0. The fourth-order valence-electron chi connectivity index (χ4n) is 1.11. The third kappa shape index (κ3) is 9.70. The molecule has 0 bridgehead atoms. The molecule has 1 heteroatoms. The predicted molar refractivity (Wildman–Crippen MR) is 49.6 cm³/mol. The second-order valence-electron chi connectivity index (χ2n) is 2.78. The first-order valence-corrected chi connectivity index (χ1v) is 4.67. The summed E-state index contributed by atoms with van der Waals surface area (Å²) in [6, 6.07) is 0. The van der Waals surface area contributed by atoms with Crippen molar-refractivity contribution < 1.29 is 5.11 Å². The third-order valence-electron chi connectivity index (χ3n) is 1.66. The summed E-state index contributed by atoms with van der Waals surface area (Å²) in [6.45, 7) is 1.93. The monoisotopic (exact) mass is 156 g/mol. The lowest BCUT2D eigenvalue weighted by Gasteiger charge is -2.00. The zero-order valence-corrected chi connectivity index (χ0v) is 7.55. The lowest BCUT2D eigenvalue weighted by atomic mass is 10.1. The van der Waals surface area contributed by atoms with E-state index in [0.29, 0.717) is 0 Å². The molecule has 1 aliphatic rings. The smallest absolute Gasteiger partial charge is 0.0402 e. The van der Waals surface area contributed by atoms with Crippen LogP contribution < -0.4 is 0 Å². The van der Waals surface area contributed by atoms with Gasteiger partial charge in [-0.15, -0.1) is 0 Å². The number of hydrogen-bond acceptors (Lipinski definition) is 1. The third-order valence-corrected chi connectivity index (χ3v) is 1.66. The van der Waals surface area contributed by atoms with E-state index >= 15 is 0 Å². The van der Waals surface area contributed by atoms with E-state index in [2.05, 4.69) is 12.2 Å². The molecule has 66 valence electrons. The maximum Gasteiger partial charge on any atom is 0.0402 e. The summed E-state index contributed by atoms with van der Waals surface area (Å²) in [5.74, 6) is 0. The molecule has 0 fully saturated rings. The Labute approximate surface area is 70.1 Å². The van der Waals surface area contributed by atoms with Gasteiger partial charge in [0.25, 0.3) is 0 Å². The van der Waals surface area contributed by atoms with Crippen LogP contribution in [0.1, 0.15) is 45.4 Å². The molecule has 1 aliphatic carbocycles. The van der Waals surface area contributed by atoms with Crippen LogP contribution in [0.2, 0.25) is 0 Å². The van der Waals surface area contributed by atoms with Crippen LogP contribution in [0.25, 0.3) is 0 Å². The van der Waals surface area contributed by atoms with Gasteiger partial charge in [0, 0.05) is 6.61 Å². The van der Waals surface area contributed by atoms with E-state index < -0.39 is 0 Å². The summed E-state index contributed by atoms with van der Waals surface area (Å²) >= 11 is 0. The Balaban J connectivity index is 0.000000292. The van der Waals surface area contributed by atoms with Crippen LogP contribution in [0.5, 0.6) is 0 Å². The fraction of sp³-hybridized carbons (Fsp3) is 0.800. The average Bonchev–Trinajstić information content (AvgIpc) is 1.86. The summed E-state index contributed by atoms with van der Waals surface area (Å²) in [4.78, 5) is 0. The van der Waals surface area contributed by atoms with Crippen molar-refractivity contribution in [2.45, 2.75) is 45.4 Å². The van der Waals surface area contributed by atoms with Crippen molar-refractivity contribution in [3.8, 4) is 0 Å². The Bertz CT molecular complexity index is 76.9. The summed E-state index contributed by atoms with van der Waals surface area (Å²) in [5.41, 5.74) is 0. The van der Waals surface area contributed by atoms with Gasteiger partial charge in [-0.25, -0.2) is 0 Å². The van der Waals surface area contributed by atoms with Crippen molar-refractivity contribution in [3.63, 3.8) is 0 Å². The van der Waals surface area contributed by atoms with E-state index in [-0.39, 0.29) is 6.61 Å². The van der Waals surface area contributed by atoms with Crippen molar-refractivity contribution in [1.82, 2.24) is 0 Å². The second kappa shape index (κ2) is 9.70. The fourth-order valence-corrected chi connectivity index (χ4v) is 1.11. The van der Waals surface area contributed by atoms with Crippen LogP contribution in [0, 0.1) is 0 Å². The summed E-state index contributed by atoms with van der Waals surface area (Å²) in [7, 11) is 0. The minimum absolute atomic E-state index is 0.250. The Hall–Kier alpha value is -0.300. The normalized spacial score (nSPS) is 17.6. The van der Waals surface area contributed by atoms with E-state index in [0.717, 1.165) is 0 Å². The van der Waals surface area contributed by atoms with Crippen molar-refractivity contribution >= 4 is 0 Å². The van der Waals surface area contributed by atoms with Gasteiger partial charge < -0.3 is 5.11 Å². The largest absolute Gasteiger partial charge is 0.397 e. The Morgan fingerprint density at radius 1 is 1.00 bits per heavy atom. The first-order chi connectivity index (χ1) is 5.41. The molecule has 0 heterocycles. The molecule has 0 radical (unpaired) electrons. The summed E-state index contributed by atoms with van der Waals surface area (Å²) < 4.78 is 0. The molecular weight excluding hydrogens is 136 g/mol. The quantitative estimate of drug-likeness (QED) is 0.535. The van der Waals surface area contributed by atoms with Gasteiger partial charge in [-0.1, -0.05) is 25.0 Å². The van der Waals surface area contributed by atoms with Gasteiger partial charge in [0.05, 0.1) is 0 Å². The highest BCUT2D eigenvalue weighted by molar-refractivity contribution is 4.82. The minimum Gasteiger partial charge on any atom is -0.397 e. The van der Waals surface area contributed by atoms with Gasteiger partial charge >= 0.3 is 0 Å². The number of rotatable bonds is 0. The van der Waals surface area contributed by atoms with Crippen LogP contribution in [0.3, 0.4) is 0 Å².